The summed E-state index contributed by atoms with van der Waals surface area (Å²) < 4.78 is 0. The van der Waals surface area contributed by atoms with E-state index >= 15 is 0 Å². The zero-order valence-corrected chi connectivity index (χ0v) is 8.96. The third-order valence-corrected chi connectivity index (χ3v) is 4.17. The van der Waals surface area contributed by atoms with Crippen LogP contribution >= 0.6 is 0 Å². The Bertz CT molecular complexity index is 336. The Morgan fingerprint density at radius 1 is 1.43 bits per heavy atom. The average Bonchev–Trinajstić information content (AvgIpc) is 2.10. The number of rotatable bonds is 2. The van der Waals surface area contributed by atoms with Gasteiger partial charge in [0.25, 0.3) is 0 Å². The van der Waals surface area contributed by atoms with Gasteiger partial charge in [-0.25, -0.2) is 0 Å². The Balaban J connectivity index is 2.40. The van der Waals surface area contributed by atoms with Crippen LogP contribution in [-0.2, 0) is 9.59 Å². The molecule has 2 bridgehead atoms. The molecule has 0 heterocycles. The first-order valence-corrected chi connectivity index (χ1v) is 5.17. The van der Waals surface area contributed by atoms with Gasteiger partial charge in [0.1, 0.15) is 6.29 Å². The van der Waals surface area contributed by atoms with Gasteiger partial charge in [-0.05, 0) is 24.7 Å². The monoisotopic (exact) mass is 192 g/mol. The van der Waals surface area contributed by atoms with E-state index in [0.717, 1.165) is 23.9 Å². The lowest BCUT2D eigenvalue weighted by atomic mass is 9.47. The molecule has 1 fully saturated rings. The zero-order valence-electron chi connectivity index (χ0n) is 8.96. The molecule has 0 spiro atoms. The Morgan fingerprint density at radius 3 is 2.50 bits per heavy atom. The van der Waals surface area contributed by atoms with E-state index in [1.807, 2.05) is 6.92 Å². The van der Waals surface area contributed by atoms with Crippen molar-refractivity contribution in [2.24, 2.45) is 17.3 Å². The molecule has 2 nitrogen and oxygen atoms in total. The van der Waals surface area contributed by atoms with Gasteiger partial charge in [0.05, 0.1) is 0 Å². The van der Waals surface area contributed by atoms with Crippen LogP contribution in [0.1, 0.15) is 33.6 Å². The van der Waals surface area contributed by atoms with Gasteiger partial charge in [-0.3, -0.25) is 4.79 Å². The van der Waals surface area contributed by atoms with E-state index < -0.39 is 0 Å². The lowest BCUT2D eigenvalue weighted by Crippen LogP contribution is -2.53. The van der Waals surface area contributed by atoms with Crippen molar-refractivity contribution in [1.82, 2.24) is 0 Å². The number of hydrogen-bond acceptors (Lipinski definition) is 2. The topological polar surface area (TPSA) is 34.1 Å². The fourth-order valence-electron chi connectivity index (χ4n) is 3.07. The van der Waals surface area contributed by atoms with Crippen LogP contribution in [-0.4, -0.2) is 12.1 Å². The van der Waals surface area contributed by atoms with Crippen molar-refractivity contribution in [2.45, 2.75) is 33.6 Å². The Hall–Kier alpha value is -0.920. The maximum absolute atomic E-state index is 12.0. The molecule has 1 saturated carbocycles. The van der Waals surface area contributed by atoms with E-state index in [-0.39, 0.29) is 17.1 Å². The van der Waals surface area contributed by atoms with Gasteiger partial charge in [-0.15, -0.1) is 0 Å². The average molecular weight is 192 g/mol. The van der Waals surface area contributed by atoms with E-state index in [1.54, 1.807) is 0 Å². The van der Waals surface area contributed by atoms with Crippen LogP contribution in [0.2, 0.25) is 0 Å². The summed E-state index contributed by atoms with van der Waals surface area (Å²) >= 11 is 0. The van der Waals surface area contributed by atoms with Crippen molar-refractivity contribution in [3.8, 4) is 0 Å². The van der Waals surface area contributed by atoms with Crippen molar-refractivity contribution in [3.05, 3.63) is 11.1 Å². The third-order valence-electron chi connectivity index (χ3n) is 4.17. The number of aldehydes is 1. The molecule has 3 rings (SSSR count). The summed E-state index contributed by atoms with van der Waals surface area (Å²) in [5, 5.41) is 0. The highest BCUT2D eigenvalue weighted by Crippen LogP contribution is 2.59. The van der Waals surface area contributed by atoms with E-state index in [4.69, 9.17) is 0 Å². The fraction of sp³-hybridized carbons (Fsp3) is 0.667. The molecule has 0 saturated heterocycles. The predicted octanol–water partition coefficient (Wildman–Crippen LogP) is 2.14. The largest absolute Gasteiger partial charge is 0.303 e. The smallest absolute Gasteiger partial charge is 0.162 e. The van der Waals surface area contributed by atoms with Crippen molar-refractivity contribution in [2.75, 3.05) is 0 Å². The molecular weight excluding hydrogens is 176 g/mol. The summed E-state index contributed by atoms with van der Waals surface area (Å²) in [4.78, 5) is 22.4. The molecule has 3 aliphatic carbocycles. The first kappa shape index (κ1) is 9.63. The number of allylic oxidation sites excluding steroid dienone is 2. The molecule has 0 aliphatic heterocycles. The van der Waals surface area contributed by atoms with Gasteiger partial charge in [0.15, 0.2) is 5.78 Å². The number of carbonyl (C=O) groups is 2. The van der Waals surface area contributed by atoms with Crippen LogP contribution in [0.25, 0.3) is 0 Å². The number of Topliss-reactive ketones (excluding diaryl/α,β-unsaturated/α-hetero) is 1. The van der Waals surface area contributed by atoms with E-state index in [0.29, 0.717) is 12.3 Å². The van der Waals surface area contributed by atoms with Gasteiger partial charge in [-0.1, -0.05) is 19.4 Å². The van der Waals surface area contributed by atoms with Gasteiger partial charge >= 0.3 is 0 Å². The highest BCUT2D eigenvalue weighted by atomic mass is 16.1. The molecule has 3 aliphatic rings. The van der Waals surface area contributed by atoms with Crippen LogP contribution < -0.4 is 0 Å². The maximum Gasteiger partial charge on any atom is 0.162 e. The summed E-state index contributed by atoms with van der Waals surface area (Å²) in [5.74, 6) is 0.924. The molecule has 0 aromatic rings. The summed E-state index contributed by atoms with van der Waals surface area (Å²) in [6, 6.07) is 0. The number of hydrogen-bond donors (Lipinski definition) is 0. The minimum atomic E-state index is 0.132. The van der Waals surface area contributed by atoms with Gasteiger partial charge in [-0.2, -0.15) is 0 Å². The van der Waals surface area contributed by atoms with Crippen LogP contribution in [0.5, 0.6) is 0 Å². The molecule has 0 aromatic carbocycles. The predicted molar refractivity (Wildman–Crippen MR) is 53.8 cm³/mol. The van der Waals surface area contributed by atoms with Gasteiger partial charge in [0.2, 0.25) is 0 Å². The Labute approximate surface area is 84.4 Å². The van der Waals surface area contributed by atoms with E-state index in [1.165, 1.54) is 0 Å². The third kappa shape index (κ3) is 0.969. The number of fused-ring (bicyclic) bond motifs is 1. The van der Waals surface area contributed by atoms with Gasteiger partial charge < -0.3 is 4.79 Å². The summed E-state index contributed by atoms with van der Waals surface area (Å²) in [6.45, 7) is 6.33. The highest BCUT2D eigenvalue weighted by Gasteiger charge is 2.56. The minimum Gasteiger partial charge on any atom is -0.303 e. The second kappa shape index (κ2) is 2.78. The molecule has 14 heavy (non-hydrogen) atoms. The summed E-state index contributed by atoms with van der Waals surface area (Å²) in [5.41, 5.74) is 2.09. The van der Waals surface area contributed by atoms with Crippen molar-refractivity contribution >= 4 is 12.1 Å². The molecular formula is C12H16O2. The molecule has 2 unspecified atom stereocenters. The second-order valence-electron chi connectivity index (χ2n) is 5.06. The van der Waals surface area contributed by atoms with E-state index in [2.05, 4.69) is 13.8 Å². The van der Waals surface area contributed by atoms with Crippen LogP contribution in [0, 0.1) is 17.3 Å². The van der Waals surface area contributed by atoms with Gasteiger partial charge in [0, 0.05) is 17.9 Å². The van der Waals surface area contributed by atoms with Crippen LogP contribution in [0.15, 0.2) is 11.1 Å². The quantitative estimate of drug-likeness (QED) is 0.628. The SMILES string of the molecule is CC1=C(CC=O)C(=O)C2CC1C2(C)C. The molecule has 2 atom stereocenters. The first-order chi connectivity index (χ1) is 6.50. The molecule has 0 aromatic heterocycles. The maximum atomic E-state index is 12.0. The van der Waals surface area contributed by atoms with Crippen molar-refractivity contribution < 1.29 is 9.59 Å². The number of carbonyl (C=O) groups excluding carboxylic acids is 2. The van der Waals surface area contributed by atoms with Crippen molar-refractivity contribution in [3.63, 3.8) is 0 Å². The standard InChI is InChI=1S/C12H16O2/c1-7-8(4-5-13)11(14)10-6-9(7)12(10,2)3/h5,9-10H,4,6H2,1-3H3. The molecule has 0 N–H and O–H groups in total. The molecule has 0 amide bonds. The van der Waals surface area contributed by atoms with E-state index in [9.17, 15) is 9.59 Å². The lowest BCUT2D eigenvalue weighted by molar-refractivity contribution is -0.136. The molecule has 76 valence electrons. The summed E-state index contributed by atoms with van der Waals surface area (Å²) in [6.07, 6.45) is 2.16. The number of ketones is 1. The highest BCUT2D eigenvalue weighted by molar-refractivity contribution is 6.02. The molecule has 2 heteroatoms. The summed E-state index contributed by atoms with van der Waals surface area (Å²) in [7, 11) is 0. The van der Waals surface area contributed by atoms with Crippen molar-refractivity contribution in [1.29, 1.82) is 0 Å². The second-order valence-corrected chi connectivity index (χ2v) is 5.06. The normalized spacial score (nSPS) is 34.1. The fourth-order valence-corrected chi connectivity index (χ4v) is 3.07. The zero-order chi connectivity index (χ0) is 10.5. The van der Waals surface area contributed by atoms with Crippen LogP contribution in [0.4, 0.5) is 0 Å². The Morgan fingerprint density at radius 2 is 2.07 bits per heavy atom. The lowest BCUT2D eigenvalue weighted by Gasteiger charge is -2.56. The first-order valence-electron chi connectivity index (χ1n) is 5.17. The van der Waals surface area contributed by atoms with Crippen LogP contribution in [0.3, 0.4) is 0 Å². The Kier molecular flexibility index (Phi) is 1.91. The molecule has 0 radical (unpaired) electrons. The minimum absolute atomic E-state index is 0.132.